The number of benzene rings is 1. The molecule has 5 heteroatoms. The van der Waals surface area contributed by atoms with Crippen molar-refractivity contribution in [2.75, 3.05) is 0 Å². The molecule has 3 N–H and O–H groups in total. The van der Waals surface area contributed by atoms with Gasteiger partial charge in [-0.05, 0) is 24.5 Å². The van der Waals surface area contributed by atoms with E-state index in [9.17, 15) is 9.59 Å². The first-order valence-electron chi connectivity index (χ1n) is 6.89. The number of aromatic amines is 1. The SMILES string of the molecule is O=C1NC(=O)C(C2(c3c[nH]c4ccccc34)CCC2)N1. The highest BCUT2D eigenvalue weighted by Crippen LogP contribution is 2.49. The van der Waals surface area contributed by atoms with Gasteiger partial charge in [-0.3, -0.25) is 10.1 Å². The van der Waals surface area contributed by atoms with E-state index in [0.717, 1.165) is 35.7 Å². The molecule has 2 fully saturated rings. The summed E-state index contributed by atoms with van der Waals surface area (Å²) < 4.78 is 0. The van der Waals surface area contributed by atoms with E-state index in [4.69, 9.17) is 0 Å². The van der Waals surface area contributed by atoms with Crippen LogP contribution in [0, 0.1) is 0 Å². The number of amides is 3. The van der Waals surface area contributed by atoms with Gasteiger partial charge in [0.15, 0.2) is 0 Å². The molecule has 2 aromatic rings. The number of para-hydroxylation sites is 1. The number of nitrogens with one attached hydrogen (secondary N) is 3. The van der Waals surface area contributed by atoms with Crippen molar-refractivity contribution >= 4 is 22.8 Å². The summed E-state index contributed by atoms with van der Waals surface area (Å²) in [5, 5.41) is 6.28. The maximum atomic E-state index is 12.1. The number of aromatic nitrogens is 1. The van der Waals surface area contributed by atoms with Gasteiger partial charge in [0.2, 0.25) is 0 Å². The first kappa shape index (κ1) is 11.5. The Labute approximate surface area is 115 Å². The van der Waals surface area contributed by atoms with Gasteiger partial charge in [0.1, 0.15) is 6.04 Å². The van der Waals surface area contributed by atoms with Crippen LogP contribution in [0.3, 0.4) is 0 Å². The monoisotopic (exact) mass is 269 g/mol. The third kappa shape index (κ3) is 1.37. The Kier molecular flexibility index (Phi) is 2.22. The van der Waals surface area contributed by atoms with Crippen LogP contribution in [0.5, 0.6) is 0 Å². The molecule has 0 spiro atoms. The zero-order valence-electron chi connectivity index (χ0n) is 10.9. The van der Waals surface area contributed by atoms with Crippen LogP contribution in [0.25, 0.3) is 10.9 Å². The maximum Gasteiger partial charge on any atom is 0.322 e. The fourth-order valence-electron chi connectivity index (χ4n) is 3.56. The van der Waals surface area contributed by atoms with Gasteiger partial charge in [0.05, 0.1) is 0 Å². The lowest BCUT2D eigenvalue weighted by Crippen LogP contribution is -2.53. The highest BCUT2D eigenvalue weighted by atomic mass is 16.2. The molecule has 1 unspecified atom stereocenters. The Bertz CT molecular complexity index is 715. The lowest BCUT2D eigenvalue weighted by atomic mass is 9.60. The molecule has 0 radical (unpaired) electrons. The van der Waals surface area contributed by atoms with Crippen LogP contribution in [0.4, 0.5) is 4.79 Å². The van der Waals surface area contributed by atoms with Gasteiger partial charge >= 0.3 is 6.03 Å². The summed E-state index contributed by atoms with van der Waals surface area (Å²) in [6, 6.07) is 7.24. The third-order valence-electron chi connectivity index (χ3n) is 4.70. The maximum absolute atomic E-state index is 12.1. The summed E-state index contributed by atoms with van der Waals surface area (Å²) in [4.78, 5) is 26.8. The van der Waals surface area contributed by atoms with Crippen LogP contribution in [0.1, 0.15) is 24.8 Å². The molecular formula is C15H15N3O2. The molecule has 2 heterocycles. The summed E-state index contributed by atoms with van der Waals surface area (Å²) >= 11 is 0. The number of carbonyl (C=O) groups is 2. The van der Waals surface area contributed by atoms with Crippen molar-refractivity contribution in [3.8, 4) is 0 Å². The predicted octanol–water partition coefficient (Wildman–Crippen LogP) is 1.80. The van der Waals surface area contributed by atoms with E-state index in [1.165, 1.54) is 0 Å². The molecule has 3 amide bonds. The van der Waals surface area contributed by atoms with Gasteiger partial charge in [0, 0.05) is 22.5 Å². The summed E-state index contributed by atoms with van der Waals surface area (Å²) in [6.45, 7) is 0. The van der Waals surface area contributed by atoms with Gasteiger partial charge in [-0.1, -0.05) is 24.6 Å². The van der Waals surface area contributed by atoms with Gasteiger partial charge in [0.25, 0.3) is 5.91 Å². The van der Waals surface area contributed by atoms with Crippen LogP contribution in [0.15, 0.2) is 30.5 Å². The number of hydrogen-bond donors (Lipinski definition) is 3. The second kappa shape index (κ2) is 3.85. The average molecular weight is 269 g/mol. The Morgan fingerprint density at radius 3 is 2.60 bits per heavy atom. The largest absolute Gasteiger partial charge is 0.361 e. The zero-order chi connectivity index (χ0) is 13.7. The molecule has 1 saturated heterocycles. The van der Waals surface area contributed by atoms with Crippen LogP contribution >= 0.6 is 0 Å². The van der Waals surface area contributed by atoms with E-state index in [-0.39, 0.29) is 17.4 Å². The predicted molar refractivity (Wildman–Crippen MR) is 74.3 cm³/mol. The number of imide groups is 1. The van der Waals surface area contributed by atoms with Crippen LogP contribution in [-0.2, 0) is 10.2 Å². The van der Waals surface area contributed by atoms with E-state index in [0.29, 0.717) is 0 Å². The molecule has 5 nitrogen and oxygen atoms in total. The topological polar surface area (TPSA) is 74.0 Å². The fourth-order valence-corrected chi connectivity index (χ4v) is 3.56. The fraction of sp³-hybridized carbons (Fsp3) is 0.333. The van der Waals surface area contributed by atoms with Crippen molar-refractivity contribution in [1.29, 1.82) is 0 Å². The summed E-state index contributed by atoms with van der Waals surface area (Å²) in [5.74, 6) is -0.208. The molecule has 1 aromatic carbocycles. The molecule has 1 saturated carbocycles. The molecule has 2 aliphatic rings. The Morgan fingerprint density at radius 2 is 1.95 bits per heavy atom. The number of hydrogen-bond acceptors (Lipinski definition) is 2. The van der Waals surface area contributed by atoms with Crippen LogP contribution in [0.2, 0.25) is 0 Å². The average Bonchev–Trinajstić information content (AvgIpc) is 2.94. The highest BCUT2D eigenvalue weighted by Gasteiger charge is 2.53. The minimum Gasteiger partial charge on any atom is -0.361 e. The van der Waals surface area contributed by atoms with E-state index in [1.807, 2.05) is 24.4 Å². The zero-order valence-corrected chi connectivity index (χ0v) is 10.9. The van der Waals surface area contributed by atoms with Crippen molar-refractivity contribution in [2.45, 2.75) is 30.7 Å². The molecule has 0 bridgehead atoms. The van der Waals surface area contributed by atoms with E-state index < -0.39 is 6.04 Å². The van der Waals surface area contributed by atoms with Gasteiger partial charge < -0.3 is 10.3 Å². The molecule has 1 atom stereocenters. The first-order chi connectivity index (χ1) is 9.71. The van der Waals surface area contributed by atoms with Crippen LogP contribution in [-0.4, -0.2) is 23.0 Å². The smallest absolute Gasteiger partial charge is 0.322 e. The number of rotatable bonds is 2. The molecule has 102 valence electrons. The van der Waals surface area contributed by atoms with E-state index >= 15 is 0 Å². The molecule has 1 aliphatic carbocycles. The minimum atomic E-state index is -0.456. The molecular weight excluding hydrogens is 254 g/mol. The van der Waals surface area contributed by atoms with Crippen LogP contribution < -0.4 is 10.6 Å². The lowest BCUT2D eigenvalue weighted by molar-refractivity contribution is -0.122. The highest BCUT2D eigenvalue weighted by molar-refractivity contribution is 6.05. The van der Waals surface area contributed by atoms with E-state index in [1.54, 1.807) is 0 Å². The number of H-pyrrole nitrogens is 1. The van der Waals surface area contributed by atoms with Crippen molar-refractivity contribution in [1.82, 2.24) is 15.6 Å². The second-order valence-electron chi connectivity index (χ2n) is 5.65. The Morgan fingerprint density at radius 1 is 1.15 bits per heavy atom. The third-order valence-corrected chi connectivity index (χ3v) is 4.70. The summed E-state index contributed by atoms with van der Waals surface area (Å²) in [7, 11) is 0. The van der Waals surface area contributed by atoms with Gasteiger partial charge in [-0.25, -0.2) is 4.79 Å². The molecule has 1 aromatic heterocycles. The van der Waals surface area contributed by atoms with Crippen molar-refractivity contribution in [2.24, 2.45) is 0 Å². The van der Waals surface area contributed by atoms with E-state index in [2.05, 4.69) is 21.7 Å². The lowest BCUT2D eigenvalue weighted by Gasteiger charge is -2.45. The minimum absolute atomic E-state index is 0.208. The molecule has 20 heavy (non-hydrogen) atoms. The summed E-state index contributed by atoms with van der Waals surface area (Å²) in [6.07, 6.45) is 4.92. The standard InChI is InChI=1S/C15H15N3O2/c19-13-12(17-14(20)18-13)15(6-3-7-15)10-8-16-11-5-2-1-4-9(10)11/h1-2,4-5,8,12,16H,3,6-7H2,(H2,17,18,19,20). The first-order valence-corrected chi connectivity index (χ1v) is 6.89. The summed E-state index contributed by atoms with van der Waals surface area (Å²) in [5.41, 5.74) is 1.94. The van der Waals surface area contributed by atoms with Gasteiger partial charge in [-0.2, -0.15) is 0 Å². The van der Waals surface area contributed by atoms with Gasteiger partial charge in [-0.15, -0.1) is 0 Å². The number of urea groups is 1. The normalized spacial score (nSPS) is 24.3. The second-order valence-corrected chi connectivity index (χ2v) is 5.65. The number of fused-ring (bicyclic) bond motifs is 1. The Hall–Kier alpha value is -2.30. The molecule has 4 rings (SSSR count). The van der Waals surface area contributed by atoms with Crippen molar-refractivity contribution in [3.63, 3.8) is 0 Å². The molecule has 1 aliphatic heterocycles. The van der Waals surface area contributed by atoms with Crippen molar-refractivity contribution in [3.05, 3.63) is 36.0 Å². The quantitative estimate of drug-likeness (QED) is 0.727. The number of carbonyl (C=O) groups excluding carboxylic acids is 2. The Balaban J connectivity index is 1.85. The van der Waals surface area contributed by atoms with Crippen molar-refractivity contribution < 1.29 is 9.59 Å².